The smallest absolute Gasteiger partial charge is 0.416 e. The van der Waals surface area contributed by atoms with Gasteiger partial charge in [-0.2, -0.15) is 18.2 Å². The lowest BCUT2D eigenvalue weighted by molar-refractivity contribution is -0.137. The fourth-order valence-electron chi connectivity index (χ4n) is 3.37. The third-order valence-electron chi connectivity index (χ3n) is 5.14. The van der Waals surface area contributed by atoms with Crippen molar-refractivity contribution in [2.75, 3.05) is 18.2 Å². The van der Waals surface area contributed by atoms with Gasteiger partial charge in [0, 0.05) is 29.7 Å². The molecule has 7 nitrogen and oxygen atoms in total. The maximum absolute atomic E-state index is 12.8. The number of aromatic nitrogens is 3. The van der Waals surface area contributed by atoms with E-state index in [1.807, 2.05) is 0 Å². The summed E-state index contributed by atoms with van der Waals surface area (Å²) >= 11 is 0. The Morgan fingerprint density at radius 1 is 1.12 bits per heavy atom. The third kappa shape index (κ3) is 4.79. The highest BCUT2D eigenvalue weighted by molar-refractivity contribution is 5.94. The van der Waals surface area contributed by atoms with Gasteiger partial charge in [-0.3, -0.25) is 4.98 Å². The molecule has 0 spiro atoms. The van der Waals surface area contributed by atoms with Crippen molar-refractivity contribution < 1.29 is 17.9 Å². The van der Waals surface area contributed by atoms with Crippen LogP contribution in [-0.4, -0.2) is 27.8 Å². The first-order valence-electron chi connectivity index (χ1n) is 9.91. The van der Waals surface area contributed by atoms with Crippen molar-refractivity contribution in [3.63, 3.8) is 0 Å². The lowest BCUT2D eigenvalue weighted by Crippen LogP contribution is -2.19. The van der Waals surface area contributed by atoms with Crippen molar-refractivity contribution in [3.05, 3.63) is 65.6 Å². The minimum Gasteiger partial charge on any atom is -0.497 e. The van der Waals surface area contributed by atoms with Gasteiger partial charge in [0.15, 0.2) is 0 Å². The molecule has 0 saturated heterocycles. The Morgan fingerprint density at radius 3 is 2.47 bits per heavy atom. The summed E-state index contributed by atoms with van der Waals surface area (Å²) in [5.41, 5.74) is 7.18. The number of methoxy groups -OCH3 is 1. The van der Waals surface area contributed by atoms with Crippen molar-refractivity contribution in [1.29, 1.82) is 5.41 Å². The molecule has 1 fully saturated rings. The minimum atomic E-state index is -4.42. The number of ether oxygens (including phenoxy) is 1. The number of alkyl halides is 3. The van der Waals surface area contributed by atoms with Crippen molar-refractivity contribution in [2.45, 2.75) is 24.9 Å². The lowest BCUT2D eigenvalue weighted by atomic mass is 9.91. The van der Waals surface area contributed by atoms with Gasteiger partial charge in [0.2, 0.25) is 5.95 Å². The quantitative estimate of drug-likeness (QED) is 0.454. The number of nitrogens with zero attached hydrogens (tertiary/aromatic N) is 3. The molecule has 10 heteroatoms. The highest BCUT2D eigenvalue weighted by Crippen LogP contribution is 2.39. The molecule has 0 aliphatic heterocycles. The Bertz CT molecular complexity index is 1130. The molecule has 1 aliphatic rings. The lowest BCUT2D eigenvalue weighted by Gasteiger charge is -2.19. The summed E-state index contributed by atoms with van der Waals surface area (Å²) in [5.74, 6) is 0.498. The third-order valence-corrected chi connectivity index (χ3v) is 5.14. The molecular weight excluding hydrogens is 421 g/mol. The summed E-state index contributed by atoms with van der Waals surface area (Å²) in [7, 11) is 1.55. The predicted molar refractivity (Wildman–Crippen MR) is 114 cm³/mol. The van der Waals surface area contributed by atoms with Gasteiger partial charge >= 0.3 is 6.18 Å². The molecule has 4 rings (SSSR count). The summed E-state index contributed by atoms with van der Waals surface area (Å²) in [4.78, 5) is 13.1. The van der Waals surface area contributed by atoms with Gasteiger partial charge in [-0.05, 0) is 49.1 Å². The van der Waals surface area contributed by atoms with Crippen molar-refractivity contribution in [1.82, 2.24) is 15.0 Å². The number of rotatable bonds is 7. The monoisotopic (exact) mass is 442 g/mol. The summed E-state index contributed by atoms with van der Waals surface area (Å²) in [5, 5.41) is 11.6. The normalized spacial score (nSPS) is 14.6. The summed E-state index contributed by atoms with van der Waals surface area (Å²) in [6.45, 7) is 0. The van der Waals surface area contributed by atoms with Crippen molar-refractivity contribution in [3.8, 4) is 5.75 Å². The second-order valence-corrected chi connectivity index (χ2v) is 7.52. The largest absolute Gasteiger partial charge is 0.497 e. The molecule has 4 N–H and O–H groups in total. The Hall–Kier alpha value is -3.69. The standard InChI is InChI=1S/C22H21F3N6O/c1-32-15-8-9-28-16(10-15)19(20(27)12-2-3-12)17-11-18(26)31-21(30-17)29-14-6-4-13(5-7-14)22(23,24)25/h4-12,19,27H,2-3H2,1H3,(H3,26,29,30,31). The van der Waals surface area contributed by atoms with Gasteiger partial charge in [-0.25, -0.2) is 4.98 Å². The first-order chi connectivity index (χ1) is 15.2. The van der Waals surface area contributed by atoms with Crippen LogP contribution < -0.4 is 15.8 Å². The molecule has 1 saturated carbocycles. The summed E-state index contributed by atoms with van der Waals surface area (Å²) in [6, 6.07) is 9.59. The molecular formula is C22H21F3N6O. The zero-order valence-corrected chi connectivity index (χ0v) is 17.1. The Morgan fingerprint density at radius 2 is 1.84 bits per heavy atom. The van der Waals surface area contributed by atoms with Crippen LogP contribution in [0.4, 0.5) is 30.6 Å². The number of pyridine rings is 1. The van der Waals surface area contributed by atoms with Crippen LogP contribution in [0.5, 0.6) is 5.75 Å². The van der Waals surface area contributed by atoms with Gasteiger partial charge in [-0.15, -0.1) is 0 Å². The van der Waals surface area contributed by atoms with E-state index in [2.05, 4.69) is 20.3 Å². The predicted octanol–water partition coefficient (Wildman–Crippen LogP) is 4.79. The van der Waals surface area contributed by atoms with Gasteiger partial charge in [-0.1, -0.05) is 0 Å². The average Bonchev–Trinajstić information content (AvgIpc) is 3.59. The zero-order chi connectivity index (χ0) is 22.9. The number of nitrogens with one attached hydrogen (secondary N) is 2. The fourth-order valence-corrected chi connectivity index (χ4v) is 3.37. The molecule has 1 unspecified atom stereocenters. The molecule has 1 aromatic carbocycles. The second-order valence-electron chi connectivity index (χ2n) is 7.52. The van der Waals surface area contributed by atoms with Crippen LogP contribution in [0.2, 0.25) is 0 Å². The highest BCUT2D eigenvalue weighted by atomic mass is 19.4. The Labute approximate surface area is 182 Å². The number of nitrogen functional groups attached to an aromatic ring is 1. The number of benzene rings is 1. The molecule has 2 heterocycles. The van der Waals surface area contributed by atoms with Crippen LogP contribution in [0, 0.1) is 11.3 Å². The number of nitrogens with two attached hydrogens (primary N) is 1. The molecule has 166 valence electrons. The van der Waals surface area contributed by atoms with Crippen molar-refractivity contribution in [2.24, 2.45) is 5.92 Å². The zero-order valence-electron chi connectivity index (χ0n) is 17.1. The molecule has 3 aromatic rings. The molecule has 0 bridgehead atoms. The first kappa shape index (κ1) is 21.5. The topological polar surface area (TPSA) is 110 Å². The van der Waals surface area contributed by atoms with Crippen LogP contribution in [0.15, 0.2) is 48.7 Å². The highest BCUT2D eigenvalue weighted by Gasteiger charge is 2.35. The van der Waals surface area contributed by atoms with Crippen LogP contribution in [0.25, 0.3) is 0 Å². The number of halogens is 3. The molecule has 1 aliphatic carbocycles. The van der Waals surface area contributed by atoms with Gasteiger partial charge in [0.05, 0.1) is 30.0 Å². The van der Waals surface area contributed by atoms with E-state index in [0.717, 1.165) is 25.0 Å². The van der Waals surface area contributed by atoms with E-state index in [0.29, 0.717) is 28.5 Å². The van der Waals surface area contributed by atoms with Crippen LogP contribution in [-0.2, 0) is 6.18 Å². The van der Waals surface area contributed by atoms with Crippen LogP contribution >= 0.6 is 0 Å². The Kier molecular flexibility index (Phi) is 5.68. The van der Waals surface area contributed by atoms with E-state index in [4.69, 9.17) is 15.9 Å². The van der Waals surface area contributed by atoms with E-state index in [1.165, 1.54) is 12.1 Å². The molecule has 1 atom stereocenters. The SMILES string of the molecule is COc1ccnc(C(C(=N)C2CC2)c2cc(N)nc(Nc3ccc(C(F)(F)F)cc3)n2)c1. The molecule has 2 aromatic heterocycles. The van der Waals surface area contributed by atoms with Gasteiger partial charge in [0.25, 0.3) is 0 Å². The number of hydrogen-bond acceptors (Lipinski definition) is 7. The van der Waals surface area contributed by atoms with E-state index >= 15 is 0 Å². The minimum absolute atomic E-state index is 0.122. The Balaban J connectivity index is 1.68. The second kappa shape index (κ2) is 8.45. The molecule has 32 heavy (non-hydrogen) atoms. The van der Waals surface area contributed by atoms with Crippen LogP contribution in [0.3, 0.4) is 0 Å². The fraction of sp³-hybridized carbons (Fsp3) is 0.273. The molecule has 0 radical (unpaired) electrons. The first-order valence-corrected chi connectivity index (χ1v) is 9.91. The maximum atomic E-state index is 12.8. The van der Waals surface area contributed by atoms with E-state index in [1.54, 1.807) is 31.5 Å². The van der Waals surface area contributed by atoms with Gasteiger partial charge in [0.1, 0.15) is 11.6 Å². The number of anilines is 3. The van der Waals surface area contributed by atoms with E-state index in [-0.39, 0.29) is 17.7 Å². The average molecular weight is 442 g/mol. The molecule has 0 amide bonds. The number of hydrogen-bond donors (Lipinski definition) is 3. The van der Waals surface area contributed by atoms with Gasteiger partial charge < -0.3 is 21.2 Å². The summed E-state index contributed by atoms with van der Waals surface area (Å²) < 4.78 is 43.7. The van der Waals surface area contributed by atoms with Crippen molar-refractivity contribution >= 4 is 23.2 Å². The van der Waals surface area contributed by atoms with Crippen LogP contribution in [0.1, 0.15) is 35.7 Å². The maximum Gasteiger partial charge on any atom is 0.416 e. The summed E-state index contributed by atoms with van der Waals surface area (Å²) in [6.07, 6.45) is -0.959. The van der Waals surface area contributed by atoms with E-state index in [9.17, 15) is 13.2 Å². The van der Waals surface area contributed by atoms with E-state index < -0.39 is 17.7 Å².